The molecule has 0 spiro atoms. The summed E-state index contributed by atoms with van der Waals surface area (Å²) in [5.74, 6) is -0.645. The van der Waals surface area contributed by atoms with Crippen LogP contribution in [0, 0.1) is 6.92 Å². The number of aromatic amines is 1. The summed E-state index contributed by atoms with van der Waals surface area (Å²) < 4.78 is 4.76. The highest BCUT2D eigenvalue weighted by Gasteiger charge is 2.14. The Balaban J connectivity index is 2.28. The molecule has 0 unspecified atom stereocenters. The molecule has 0 aliphatic rings. The van der Waals surface area contributed by atoms with Crippen molar-refractivity contribution in [2.75, 3.05) is 0 Å². The van der Waals surface area contributed by atoms with Gasteiger partial charge in [0.25, 0.3) is 0 Å². The van der Waals surface area contributed by atoms with Crippen LogP contribution >= 0.6 is 0 Å². The number of H-pyrrole nitrogens is 1. The monoisotopic (exact) mass is 208 g/mol. The molecule has 7 heteroatoms. The summed E-state index contributed by atoms with van der Waals surface area (Å²) in [4.78, 5) is 21.2. The van der Waals surface area contributed by atoms with E-state index < -0.39 is 5.97 Å². The average Bonchev–Trinajstić information content (AvgIpc) is 2.72. The fourth-order valence-corrected chi connectivity index (χ4v) is 1.14. The molecule has 0 radical (unpaired) electrons. The van der Waals surface area contributed by atoms with Gasteiger partial charge in [0.1, 0.15) is 12.1 Å². The molecular formula is C8H8N4O3. The van der Waals surface area contributed by atoms with Crippen LogP contribution in [0.25, 0.3) is 11.5 Å². The van der Waals surface area contributed by atoms with Gasteiger partial charge in [0.05, 0.1) is 6.33 Å². The second-order valence-corrected chi connectivity index (χ2v) is 2.96. The van der Waals surface area contributed by atoms with Crippen LogP contribution in [0.5, 0.6) is 0 Å². The van der Waals surface area contributed by atoms with Gasteiger partial charge in [-0.25, -0.2) is 4.98 Å². The predicted octanol–water partition coefficient (Wildman–Crippen LogP) is 0.395. The third kappa shape index (κ3) is 1.85. The molecule has 2 heterocycles. The summed E-state index contributed by atoms with van der Waals surface area (Å²) in [6, 6.07) is 0. The van der Waals surface area contributed by atoms with Gasteiger partial charge in [-0.2, -0.15) is 4.98 Å². The minimum Gasteiger partial charge on any atom is -0.481 e. The highest BCUT2D eigenvalue weighted by atomic mass is 16.5. The number of carboxylic acids is 1. The van der Waals surface area contributed by atoms with Crippen molar-refractivity contribution in [1.82, 2.24) is 20.1 Å². The minimum absolute atomic E-state index is 0.0694. The number of aliphatic carboxylic acids is 1. The number of nitrogens with one attached hydrogen (secondary N) is 1. The van der Waals surface area contributed by atoms with Gasteiger partial charge in [0.15, 0.2) is 0 Å². The van der Waals surface area contributed by atoms with Crippen molar-refractivity contribution in [3.63, 3.8) is 0 Å². The quantitative estimate of drug-likeness (QED) is 0.756. The molecule has 7 nitrogen and oxygen atoms in total. The molecule has 2 aromatic rings. The van der Waals surface area contributed by atoms with Crippen LogP contribution in [-0.4, -0.2) is 31.2 Å². The van der Waals surface area contributed by atoms with Gasteiger partial charge >= 0.3 is 5.97 Å². The summed E-state index contributed by atoms with van der Waals surface area (Å²) in [6.45, 7) is 1.82. The van der Waals surface area contributed by atoms with E-state index in [2.05, 4.69) is 20.1 Å². The van der Waals surface area contributed by atoms with Crippen LogP contribution < -0.4 is 0 Å². The maximum Gasteiger partial charge on any atom is 0.312 e. The van der Waals surface area contributed by atoms with E-state index in [9.17, 15) is 4.79 Å². The van der Waals surface area contributed by atoms with Crippen LogP contribution in [-0.2, 0) is 11.2 Å². The third-order valence-electron chi connectivity index (χ3n) is 1.81. The number of nitrogens with zero attached hydrogens (tertiary/aromatic N) is 3. The number of carboxylic acid groups (broad SMARTS) is 1. The molecule has 0 bridgehead atoms. The molecule has 0 saturated heterocycles. The summed E-state index contributed by atoms with van der Waals surface area (Å²) in [5, 5.41) is 12.2. The summed E-state index contributed by atoms with van der Waals surface area (Å²) >= 11 is 0. The number of imidazole rings is 1. The van der Waals surface area contributed by atoms with Crippen LogP contribution in [0.1, 0.15) is 11.6 Å². The SMILES string of the molecule is Cc1[nH]cnc1-c1noc(CC(=O)O)n1. The van der Waals surface area contributed by atoms with Gasteiger partial charge in [-0.3, -0.25) is 4.79 Å². The van der Waals surface area contributed by atoms with Gasteiger partial charge in [-0.15, -0.1) is 0 Å². The number of hydrogen-bond acceptors (Lipinski definition) is 5. The Kier molecular flexibility index (Phi) is 2.20. The zero-order valence-electron chi connectivity index (χ0n) is 7.89. The lowest BCUT2D eigenvalue weighted by atomic mass is 10.3. The highest BCUT2D eigenvalue weighted by Crippen LogP contribution is 2.15. The topological polar surface area (TPSA) is 105 Å². The zero-order valence-corrected chi connectivity index (χ0v) is 7.89. The van der Waals surface area contributed by atoms with Crippen molar-refractivity contribution in [2.45, 2.75) is 13.3 Å². The van der Waals surface area contributed by atoms with E-state index >= 15 is 0 Å². The van der Waals surface area contributed by atoms with Crippen molar-refractivity contribution >= 4 is 5.97 Å². The van der Waals surface area contributed by atoms with E-state index in [1.807, 2.05) is 6.92 Å². The Morgan fingerprint density at radius 3 is 3.07 bits per heavy atom. The first-order valence-corrected chi connectivity index (χ1v) is 4.21. The summed E-state index contributed by atoms with van der Waals surface area (Å²) in [7, 11) is 0. The van der Waals surface area contributed by atoms with Crippen molar-refractivity contribution < 1.29 is 14.4 Å². The molecule has 0 amide bonds. The molecule has 0 aliphatic carbocycles. The fourth-order valence-electron chi connectivity index (χ4n) is 1.14. The smallest absolute Gasteiger partial charge is 0.312 e. The lowest BCUT2D eigenvalue weighted by molar-refractivity contribution is -0.136. The molecule has 78 valence electrons. The third-order valence-corrected chi connectivity index (χ3v) is 1.81. The normalized spacial score (nSPS) is 10.5. The number of rotatable bonds is 3. The maximum absolute atomic E-state index is 10.4. The Morgan fingerprint density at radius 1 is 1.67 bits per heavy atom. The first kappa shape index (κ1) is 9.38. The van der Waals surface area contributed by atoms with Gasteiger partial charge in [-0.1, -0.05) is 5.16 Å². The van der Waals surface area contributed by atoms with E-state index in [0.29, 0.717) is 11.5 Å². The Labute approximate surface area is 84.2 Å². The van der Waals surface area contributed by atoms with E-state index in [1.165, 1.54) is 6.33 Å². The first-order chi connectivity index (χ1) is 7.16. The summed E-state index contributed by atoms with van der Waals surface area (Å²) in [6.07, 6.45) is 1.23. The average molecular weight is 208 g/mol. The number of hydrogen-bond donors (Lipinski definition) is 2. The van der Waals surface area contributed by atoms with Crippen LogP contribution in [0.2, 0.25) is 0 Å². The molecule has 2 N–H and O–H groups in total. The molecule has 2 aromatic heterocycles. The standard InChI is InChI=1S/C8H8N4O3/c1-4-7(10-3-9-4)8-11-5(15-12-8)2-6(13)14/h3H,2H2,1H3,(H,9,10)(H,13,14). The van der Waals surface area contributed by atoms with E-state index in [0.717, 1.165) is 5.69 Å². The first-order valence-electron chi connectivity index (χ1n) is 4.21. The molecule has 0 atom stereocenters. The van der Waals surface area contributed by atoms with Crippen molar-refractivity contribution in [2.24, 2.45) is 0 Å². The molecule has 0 aliphatic heterocycles. The number of aromatic nitrogens is 4. The van der Waals surface area contributed by atoms with Crippen molar-refractivity contribution in [3.05, 3.63) is 17.9 Å². The number of carbonyl (C=O) groups is 1. The van der Waals surface area contributed by atoms with Gasteiger partial charge < -0.3 is 14.6 Å². The maximum atomic E-state index is 10.4. The molecule has 2 rings (SSSR count). The highest BCUT2D eigenvalue weighted by molar-refractivity contribution is 5.69. The molecule has 15 heavy (non-hydrogen) atoms. The fraction of sp³-hybridized carbons (Fsp3) is 0.250. The lowest BCUT2D eigenvalue weighted by Gasteiger charge is -1.87. The zero-order chi connectivity index (χ0) is 10.8. The summed E-state index contributed by atoms with van der Waals surface area (Å²) in [5.41, 5.74) is 1.37. The molecule has 0 saturated carbocycles. The van der Waals surface area contributed by atoms with Gasteiger partial charge in [0, 0.05) is 5.69 Å². The number of aryl methyl sites for hydroxylation is 1. The Hall–Kier alpha value is -2.18. The predicted molar refractivity (Wildman–Crippen MR) is 48.0 cm³/mol. The van der Waals surface area contributed by atoms with Crippen molar-refractivity contribution in [1.29, 1.82) is 0 Å². The van der Waals surface area contributed by atoms with Crippen molar-refractivity contribution in [3.8, 4) is 11.5 Å². The largest absolute Gasteiger partial charge is 0.481 e. The van der Waals surface area contributed by atoms with Crippen LogP contribution in [0.3, 0.4) is 0 Å². The Bertz CT molecular complexity index is 488. The van der Waals surface area contributed by atoms with Gasteiger partial charge in [-0.05, 0) is 6.92 Å². The second kappa shape index (κ2) is 3.52. The van der Waals surface area contributed by atoms with E-state index in [-0.39, 0.29) is 12.3 Å². The molecule has 0 fully saturated rings. The minimum atomic E-state index is -1.01. The van der Waals surface area contributed by atoms with E-state index in [4.69, 9.17) is 9.63 Å². The lowest BCUT2D eigenvalue weighted by Crippen LogP contribution is -1.99. The Morgan fingerprint density at radius 2 is 2.47 bits per heavy atom. The molecular weight excluding hydrogens is 200 g/mol. The van der Waals surface area contributed by atoms with Crippen LogP contribution in [0.4, 0.5) is 0 Å². The second-order valence-electron chi connectivity index (χ2n) is 2.96. The molecule has 0 aromatic carbocycles. The van der Waals surface area contributed by atoms with Gasteiger partial charge in [0.2, 0.25) is 11.7 Å². The van der Waals surface area contributed by atoms with Crippen LogP contribution in [0.15, 0.2) is 10.9 Å². The van der Waals surface area contributed by atoms with E-state index in [1.54, 1.807) is 0 Å².